The van der Waals surface area contributed by atoms with Gasteiger partial charge in [0.05, 0.1) is 4.90 Å². The number of hydrogen-bond acceptors (Lipinski definition) is 4. The van der Waals surface area contributed by atoms with E-state index in [0.717, 1.165) is 12.0 Å². The zero-order chi connectivity index (χ0) is 22.3. The second-order valence-corrected chi connectivity index (χ2v) is 9.65. The van der Waals surface area contributed by atoms with E-state index in [1.165, 1.54) is 4.31 Å². The Bertz CT molecular complexity index is 1000. The summed E-state index contributed by atoms with van der Waals surface area (Å²) in [7, 11) is -3.52. The number of piperidine rings is 1. The van der Waals surface area contributed by atoms with Crippen LogP contribution in [0.3, 0.4) is 0 Å². The van der Waals surface area contributed by atoms with Crippen molar-refractivity contribution in [3.63, 3.8) is 0 Å². The van der Waals surface area contributed by atoms with Crippen molar-refractivity contribution in [3.8, 4) is 0 Å². The number of sulfonamides is 1. The molecule has 166 valence electrons. The second-order valence-electron chi connectivity index (χ2n) is 7.71. The molecule has 0 saturated carbocycles. The Kier molecular flexibility index (Phi) is 7.81. The molecule has 1 fully saturated rings. The summed E-state index contributed by atoms with van der Waals surface area (Å²) in [6, 6.07) is 15.8. The lowest BCUT2D eigenvalue weighted by atomic mass is 9.97. The molecule has 0 aromatic heterocycles. The Morgan fingerprint density at radius 2 is 1.74 bits per heavy atom. The Morgan fingerprint density at radius 3 is 2.42 bits per heavy atom. The minimum atomic E-state index is -3.52. The van der Waals surface area contributed by atoms with Crippen molar-refractivity contribution in [2.45, 2.75) is 44.0 Å². The van der Waals surface area contributed by atoms with E-state index in [-0.39, 0.29) is 22.6 Å². The molecule has 0 radical (unpaired) electrons. The molecule has 2 amide bonds. The molecular formula is C23H29N3O4S. The maximum absolute atomic E-state index is 12.7. The van der Waals surface area contributed by atoms with Crippen LogP contribution in [-0.4, -0.2) is 37.6 Å². The first-order chi connectivity index (χ1) is 14.9. The molecule has 0 bridgehead atoms. The van der Waals surface area contributed by atoms with Crippen LogP contribution < -0.4 is 10.6 Å². The summed E-state index contributed by atoms with van der Waals surface area (Å²) in [6.45, 7) is 2.97. The summed E-state index contributed by atoms with van der Waals surface area (Å²) < 4.78 is 26.9. The predicted molar refractivity (Wildman–Crippen MR) is 120 cm³/mol. The zero-order valence-corrected chi connectivity index (χ0v) is 18.5. The van der Waals surface area contributed by atoms with E-state index in [1.807, 2.05) is 31.2 Å². The van der Waals surface area contributed by atoms with Gasteiger partial charge in [-0.25, -0.2) is 8.42 Å². The van der Waals surface area contributed by atoms with E-state index >= 15 is 0 Å². The number of carbonyl (C=O) groups is 2. The van der Waals surface area contributed by atoms with Crippen LogP contribution in [-0.2, 0) is 26.2 Å². The molecule has 3 rings (SSSR count). The Hall–Kier alpha value is -2.71. The number of nitrogens with zero attached hydrogens (tertiary/aromatic N) is 1. The maximum atomic E-state index is 12.7. The molecule has 2 aromatic carbocycles. The van der Waals surface area contributed by atoms with Gasteiger partial charge in [-0.05, 0) is 49.1 Å². The number of anilines is 1. The molecule has 0 spiro atoms. The minimum Gasteiger partial charge on any atom is -0.352 e. The van der Waals surface area contributed by atoms with E-state index in [1.54, 1.807) is 30.3 Å². The average molecular weight is 444 g/mol. The fraction of sp³-hybridized carbons (Fsp3) is 0.391. The molecule has 8 heteroatoms. The number of amides is 2. The quantitative estimate of drug-likeness (QED) is 0.655. The molecule has 31 heavy (non-hydrogen) atoms. The third kappa shape index (κ3) is 6.15. The highest BCUT2D eigenvalue weighted by Crippen LogP contribution is 2.24. The summed E-state index contributed by atoms with van der Waals surface area (Å²) in [5, 5.41) is 5.79. The predicted octanol–water partition coefficient (Wildman–Crippen LogP) is 3.14. The maximum Gasteiger partial charge on any atom is 0.243 e. The number of rotatable bonds is 8. The molecule has 1 heterocycles. The molecule has 1 aliphatic rings. The van der Waals surface area contributed by atoms with Gasteiger partial charge in [-0.3, -0.25) is 9.59 Å². The number of benzene rings is 2. The average Bonchev–Trinajstić information content (AvgIpc) is 2.78. The molecule has 2 aromatic rings. The van der Waals surface area contributed by atoms with Crippen LogP contribution in [0.4, 0.5) is 5.69 Å². The van der Waals surface area contributed by atoms with Crippen LogP contribution in [0.1, 0.15) is 38.2 Å². The van der Waals surface area contributed by atoms with Crippen LogP contribution in [0.5, 0.6) is 0 Å². The van der Waals surface area contributed by atoms with Crippen molar-refractivity contribution in [3.05, 3.63) is 60.2 Å². The van der Waals surface area contributed by atoms with Gasteiger partial charge >= 0.3 is 0 Å². The van der Waals surface area contributed by atoms with Crippen LogP contribution in [0.15, 0.2) is 59.5 Å². The van der Waals surface area contributed by atoms with Gasteiger partial charge in [0, 0.05) is 37.7 Å². The molecule has 0 unspecified atom stereocenters. The SMILES string of the molecule is CCCC(=O)Nc1cccc(CNC(=O)C2CCN(S(=O)(=O)c3ccccc3)CC2)c1. The third-order valence-corrected chi connectivity index (χ3v) is 7.27. The minimum absolute atomic E-state index is 0.0269. The molecule has 7 nitrogen and oxygen atoms in total. The summed E-state index contributed by atoms with van der Waals surface area (Å²) in [4.78, 5) is 24.6. The monoisotopic (exact) mass is 443 g/mol. The zero-order valence-electron chi connectivity index (χ0n) is 17.7. The lowest BCUT2D eigenvalue weighted by Gasteiger charge is -2.30. The van der Waals surface area contributed by atoms with Gasteiger partial charge in [0.25, 0.3) is 0 Å². The van der Waals surface area contributed by atoms with Crippen molar-refractivity contribution in [2.75, 3.05) is 18.4 Å². The van der Waals surface area contributed by atoms with E-state index < -0.39 is 10.0 Å². The summed E-state index contributed by atoms with van der Waals surface area (Å²) in [6.07, 6.45) is 2.24. The Balaban J connectivity index is 1.50. The lowest BCUT2D eigenvalue weighted by molar-refractivity contribution is -0.126. The van der Waals surface area contributed by atoms with Crippen molar-refractivity contribution < 1.29 is 18.0 Å². The topological polar surface area (TPSA) is 95.6 Å². The van der Waals surface area contributed by atoms with Crippen LogP contribution in [0.25, 0.3) is 0 Å². The molecule has 2 N–H and O–H groups in total. The van der Waals surface area contributed by atoms with Crippen molar-refractivity contribution >= 4 is 27.5 Å². The summed E-state index contributed by atoms with van der Waals surface area (Å²) in [5.74, 6) is -0.312. The van der Waals surface area contributed by atoms with Crippen LogP contribution in [0, 0.1) is 5.92 Å². The first-order valence-corrected chi connectivity index (χ1v) is 12.1. The van der Waals surface area contributed by atoms with Gasteiger partial charge in [0.1, 0.15) is 0 Å². The Labute approximate surface area is 183 Å². The van der Waals surface area contributed by atoms with E-state index in [4.69, 9.17) is 0 Å². The first-order valence-electron chi connectivity index (χ1n) is 10.6. The smallest absolute Gasteiger partial charge is 0.243 e. The third-order valence-electron chi connectivity index (χ3n) is 5.36. The van der Waals surface area contributed by atoms with Gasteiger partial charge in [-0.1, -0.05) is 37.3 Å². The first kappa shape index (κ1) is 23.0. The highest BCUT2D eigenvalue weighted by Gasteiger charge is 2.31. The van der Waals surface area contributed by atoms with E-state index in [9.17, 15) is 18.0 Å². The molecule has 0 aliphatic carbocycles. The Morgan fingerprint density at radius 1 is 1.03 bits per heavy atom. The fourth-order valence-corrected chi connectivity index (χ4v) is 5.13. The fourth-order valence-electron chi connectivity index (χ4n) is 3.64. The highest BCUT2D eigenvalue weighted by molar-refractivity contribution is 7.89. The number of nitrogens with one attached hydrogen (secondary N) is 2. The second kappa shape index (κ2) is 10.5. The van der Waals surface area contributed by atoms with Crippen LogP contribution in [0.2, 0.25) is 0 Å². The number of hydrogen-bond donors (Lipinski definition) is 2. The normalized spacial score (nSPS) is 15.4. The largest absolute Gasteiger partial charge is 0.352 e. The van der Waals surface area contributed by atoms with E-state index in [0.29, 0.717) is 44.6 Å². The van der Waals surface area contributed by atoms with Crippen molar-refractivity contribution in [2.24, 2.45) is 5.92 Å². The lowest BCUT2D eigenvalue weighted by Crippen LogP contribution is -2.42. The molecule has 0 atom stereocenters. The standard InChI is InChI=1S/C23H29N3O4S/c1-2-7-22(27)25-20-9-6-8-18(16-20)17-24-23(28)19-12-14-26(15-13-19)31(29,30)21-10-4-3-5-11-21/h3-6,8-11,16,19H,2,7,12-15,17H2,1H3,(H,24,28)(H,25,27). The van der Waals surface area contributed by atoms with Gasteiger partial charge < -0.3 is 10.6 Å². The van der Waals surface area contributed by atoms with Gasteiger partial charge in [0.15, 0.2) is 0 Å². The molecule has 1 saturated heterocycles. The summed E-state index contributed by atoms with van der Waals surface area (Å²) >= 11 is 0. The van der Waals surface area contributed by atoms with Gasteiger partial charge in [-0.15, -0.1) is 0 Å². The number of carbonyl (C=O) groups excluding carboxylic acids is 2. The summed E-state index contributed by atoms with van der Waals surface area (Å²) in [5.41, 5.74) is 1.61. The van der Waals surface area contributed by atoms with Gasteiger partial charge in [0.2, 0.25) is 21.8 Å². The van der Waals surface area contributed by atoms with Crippen LogP contribution >= 0.6 is 0 Å². The molecular weight excluding hydrogens is 414 g/mol. The van der Waals surface area contributed by atoms with E-state index in [2.05, 4.69) is 10.6 Å². The van der Waals surface area contributed by atoms with Gasteiger partial charge in [-0.2, -0.15) is 4.31 Å². The highest BCUT2D eigenvalue weighted by atomic mass is 32.2. The molecule has 1 aliphatic heterocycles. The van der Waals surface area contributed by atoms with Crippen molar-refractivity contribution in [1.82, 2.24) is 9.62 Å². The van der Waals surface area contributed by atoms with Crippen molar-refractivity contribution in [1.29, 1.82) is 0 Å².